The minimum absolute atomic E-state index is 0.0409. The lowest BCUT2D eigenvalue weighted by Crippen LogP contribution is -2.24. The first-order chi connectivity index (χ1) is 40.2. The molecule has 0 atom stereocenters. The lowest BCUT2D eigenvalue weighted by Gasteiger charge is -2.27. The zero-order valence-electron chi connectivity index (χ0n) is 50.4. The molecule has 468 valence electrons. The van der Waals surface area contributed by atoms with Crippen molar-refractivity contribution in [1.82, 2.24) is 5.32 Å². The molecule has 0 spiro atoms. The van der Waals surface area contributed by atoms with Gasteiger partial charge in [-0.15, -0.1) is 0 Å². The van der Waals surface area contributed by atoms with Gasteiger partial charge < -0.3 is 20.2 Å². The molecule has 4 aromatic rings. The number of hydrogen-bond donors (Lipinski definition) is 6. The van der Waals surface area contributed by atoms with Crippen molar-refractivity contribution in [2.24, 2.45) is 0 Å². The number of anilines is 2. The van der Waals surface area contributed by atoms with Gasteiger partial charge in [-0.2, -0.15) is 42.8 Å². The number of hydrogen-bond acceptors (Lipinski definition) is 12. The van der Waals surface area contributed by atoms with Crippen LogP contribution in [0.15, 0.2) is 147 Å². The fraction of sp³-hybridized carbons (Fsp3) is 0.387. The summed E-state index contributed by atoms with van der Waals surface area (Å²) in [5.74, 6) is -1.47. The summed E-state index contributed by atoms with van der Waals surface area (Å²) in [6, 6.07) is 18.9. The Morgan fingerprint density at radius 2 is 0.977 bits per heavy atom. The van der Waals surface area contributed by atoms with Gasteiger partial charge in [0.05, 0.1) is 20.4 Å². The molecular weight excluding hydrogens is 1180 g/mol. The highest BCUT2D eigenvalue weighted by Crippen LogP contribution is 2.30. The lowest BCUT2D eigenvalue weighted by atomic mass is 10.1. The third kappa shape index (κ3) is 23.1. The Kier molecular flexibility index (Phi) is 27.2. The number of allylic oxidation sites excluding steroid dienone is 10. The van der Waals surface area contributed by atoms with E-state index in [1.54, 1.807) is 39.0 Å². The minimum Gasteiger partial charge on any atom is -0.481 e. The van der Waals surface area contributed by atoms with E-state index in [4.69, 9.17) is 5.11 Å². The Labute approximate surface area is 508 Å². The molecule has 24 heteroatoms. The van der Waals surface area contributed by atoms with Gasteiger partial charge in [0, 0.05) is 111 Å². The number of rotatable bonds is 33. The average molecular weight is 1270 g/mol. The average Bonchev–Trinajstić information content (AvgIpc) is 3.01. The van der Waals surface area contributed by atoms with Gasteiger partial charge in [0.25, 0.3) is 40.5 Å². The van der Waals surface area contributed by atoms with E-state index < -0.39 is 52.2 Å². The molecule has 0 saturated carbocycles. The summed E-state index contributed by atoms with van der Waals surface area (Å²) in [6.07, 6.45) is 19.2. The van der Waals surface area contributed by atoms with Crippen LogP contribution >= 0.6 is 0 Å². The summed E-state index contributed by atoms with van der Waals surface area (Å²) in [7, 11) is -17.5. The van der Waals surface area contributed by atoms with Crippen molar-refractivity contribution in [3.05, 3.63) is 161 Å². The predicted molar refractivity (Wildman–Crippen MR) is 338 cm³/mol. The fourth-order valence-corrected chi connectivity index (χ4v) is 12.0. The number of unbranched alkanes of at least 4 members (excludes halogenated alkanes) is 4. The maximum atomic E-state index is 13.2. The van der Waals surface area contributed by atoms with E-state index in [1.807, 2.05) is 122 Å². The van der Waals surface area contributed by atoms with Crippen LogP contribution in [0.1, 0.15) is 120 Å². The largest absolute Gasteiger partial charge is 0.481 e. The maximum Gasteiger partial charge on any atom is 0.303 e. The smallest absolute Gasteiger partial charge is 0.303 e. The molecule has 6 N–H and O–H groups in total. The van der Waals surface area contributed by atoms with Crippen molar-refractivity contribution in [3.63, 3.8) is 0 Å². The standard InChI is InChI=1S/C62H81N5O15S4/c1-10-64(57-33-29-54(41-46(57)3)84(74,75)76)49(6)22-14-11-15-23-50(7)65(59-34-30-55(42-47(59)4)85(77,78)79)36-18-12-16-26-61(68)63-44-53-28-32-58(45(2)40-53)67(38-21-39-83(71,72)73)52(9)25-20-24-51(8)66(37-19-13-17-27-62(69)70)60-35-31-56(43-48(60)5)86(80,81)82/h11,14-15,20,22-25,28-35,40-43H,10,12-13,16-19,21,26-27,36-39,44H2,1-9H3,(H4-2,63,68,69,70,71,72,73,74,75,76,77,78,79,80,81,82)/p+2. The Balaban J connectivity index is 1.46. The molecule has 20 nitrogen and oxygen atoms in total. The molecule has 0 fully saturated rings. The van der Waals surface area contributed by atoms with Crippen LogP contribution in [-0.4, -0.2) is 121 Å². The van der Waals surface area contributed by atoms with Crippen LogP contribution in [0.5, 0.6) is 0 Å². The number of nitrogens with zero attached hydrogens (tertiary/aromatic N) is 4. The Hall–Kier alpha value is -6.90. The molecule has 0 radical (unpaired) electrons. The van der Waals surface area contributed by atoms with Gasteiger partial charge in [0.2, 0.25) is 17.3 Å². The number of nitrogens with one attached hydrogen (secondary N) is 1. The molecule has 0 aromatic heterocycles. The Morgan fingerprint density at radius 3 is 1.45 bits per heavy atom. The second-order valence-corrected chi connectivity index (χ2v) is 26.9. The number of benzene rings is 4. The van der Waals surface area contributed by atoms with Gasteiger partial charge >= 0.3 is 5.97 Å². The van der Waals surface area contributed by atoms with Crippen LogP contribution in [0.25, 0.3) is 0 Å². The molecule has 0 unspecified atom stereocenters. The summed E-state index contributed by atoms with van der Waals surface area (Å²) in [4.78, 5) is 27.7. The van der Waals surface area contributed by atoms with Crippen molar-refractivity contribution in [2.45, 2.75) is 141 Å². The highest BCUT2D eigenvalue weighted by Gasteiger charge is 2.22. The Bertz CT molecular complexity index is 3790. The first-order valence-electron chi connectivity index (χ1n) is 28.1. The molecule has 86 heavy (non-hydrogen) atoms. The molecule has 4 aromatic carbocycles. The number of carbonyl (C=O) groups excluding carboxylic acids is 1. The second kappa shape index (κ2) is 32.7. The quantitative estimate of drug-likeness (QED) is 0.00849. The molecule has 0 aliphatic heterocycles. The monoisotopic (exact) mass is 1270 g/mol. The predicted octanol–water partition coefficient (Wildman–Crippen LogP) is 11.2. The number of amides is 1. The van der Waals surface area contributed by atoms with E-state index in [0.717, 1.165) is 51.0 Å². The first kappa shape index (κ1) is 71.6. The van der Waals surface area contributed by atoms with Crippen molar-refractivity contribution in [3.8, 4) is 0 Å². The van der Waals surface area contributed by atoms with Gasteiger partial charge in [-0.1, -0.05) is 43.2 Å². The van der Waals surface area contributed by atoms with Crippen LogP contribution in [0, 0.1) is 27.7 Å². The number of carboxylic acids is 1. The SMILES string of the molecule is CC\[N+](=C(C)/C=C/C=C/C=C(\C)N(CCCCCC(=O)NCc1ccc(/[N+](CCCS(=O)(=O)O)=C(C)/C=C/C=C(\C)N(CCCCCC(=O)O)c2ccc(S(=O)(=O)O)cc2C)c(C)c1)c1ccc(S(=O)(=O)O)cc1C)c1ccc(S(=O)(=O)O)cc1C. The van der Waals surface area contributed by atoms with Gasteiger partial charge in [0.15, 0.2) is 11.4 Å². The van der Waals surface area contributed by atoms with Crippen molar-refractivity contribution >= 4 is 86.5 Å². The van der Waals surface area contributed by atoms with E-state index in [2.05, 4.69) is 10.2 Å². The molecular formula is C62H83N5O15S4+2. The normalized spacial score (nSPS) is 13.6. The van der Waals surface area contributed by atoms with E-state index in [9.17, 15) is 61.5 Å². The molecule has 0 bridgehead atoms. The van der Waals surface area contributed by atoms with Crippen LogP contribution in [-0.2, 0) is 56.6 Å². The zero-order valence-corrected chi connectivity index (χ0v) is 53.7. The van der Waals surface area contributed by atoms with E-state index in [-0.39, 0.29) is 52.9 Å². The van der Waals surface area contributed by atoms with Crippen molar-refractivity contribution in [1.29, 1.82) is 0 Å². The molecule has 4 rings (SSSR count). The topological polar surface area (TPSA) is 296 Å². The summed E-state index contributed by atoms with van der Waals surface area (Å²) >= 11 is 0. The van der Waals surface area contributed by atoms with Crippen molar-refractivity contribution in [2.75, 3.05) is 41.7 Å². The zero-order chi connectivity index (χ0) is 64.2. The minimum atomic E-state index is -4.44. The number of aryl methyl sites for hydroxylation is 4. The first-order valence-corrected chi connectivity index (χ1v) is 34.1. The highest BCUT2D eigenvalue weighted by atomic mass is 32.2. The number of carboxylic acid groups (broad SMARTS) is 1. The van der Waals surface area contributed by atoms with E-state index in [0.29, 0.717) is 80.5 Å². The third-order valence-electron chi connectivity index (χ3n) is 14.2. The van der Waals surface area contributed by atoms with Crippen LogP contribution in [0.2, 0.25) is 0 Å². The third-order valence-corrected chi connectivity index (χ3v) is 17.6. The lowest BCUT2D eigenvalue weighted by molar-refractivity contribution is -0.440. The molecule has 0 aliphatic rings. The molecule has 0 saturated heterocycles. The maximum absolute atomic E-state index is 13.2. The molecule has 0 aliphatic carbocycles. The summed E-state index contributed by atoms with van der Waals surface area (Å²) in [5.41, 5.74) is 9.87. The van der Waals surface area contributed by atoms with Gasteiger partial charge in [0.1, 0.15) is 13.1 Å². The van der Waals surface area contributed by atoms with E-state index in [1.165, 1.54) is 36.4 Å². The molecule has 0 heterocycles. The van der Waals surface area contributed by atoms with Crippen LogP contribution in [0.4, 0.5) is 22.7 Å². The molecule has 1 amide bonds. The summed E-state index contributed by atoms with van der Waals surface area (Å²) < 4.78 is 137. The summed E-state index contributed by atoms with van der Waals surface area (Å²) in [5, 5.41) is 12.1. The second-order valence-electron chi connectivity index (χ2n) is 21.0. The number of aliphatic carboxylic acids is 1. The van der Waals surface area contributed by atoms with Crippen molar-refractivity contribution < 1.29 is 75.7 Å². The Morgan fingerprint density at radius 1 is 0.523 bits per heavy atom. The van der Waals surface area contributed by atoms with E-state index >= 15 is 0 Å². The van der Waals surface area contributed by atoms with Gasteiger partial charge in [-0.3, -0.25) is 27.8 Å². The highest BCUT2D eigenvalue weighted by molar-refractivity contribution is 7.86. The van der Waals surface area contributed by atoms with Gasteiger partial charge in [-0.25, -0.2) is 0 Å². The summed E-state index contributed by atoms with van der Waals surface area (Å²) in [6.45, 7) is 18.9. The number of carbonyl (C=O) groups is 2. The van der Waals surface area contributed by atoms with Crippen LogP contribution < -0.4 is 15.1 Å². The van der Waals surface area contributed by atoms with Gasteiger partial charge in [-0.05, 0) is 158 Å². The fourth-order valence-electron chi connectivity index (χ4n) is 9.76. The van der Waals surface area contributed by atoms with Crippen LogP contribution in [0.3, 0.4) is 0 Å².